The Kier molecular flexibility index (Phi) is 5.53. The van der Waals surface area contributed by atoms with Gasteiger partial charge in [0.1, 0.15) is 5.75 Å². The molecule has 108 valence electrons. The molecule has 1 aromatic rings. The molecule has 1 fully saturated rings. The van der Waals surface area contributed by atoms with Crippen molar-refractivity contribution in [2.45, 2.75) is 43.1 Å². The van der Waals surface area contributed by atoms with Gasteiger partial charge in [-0.05, 0) is 56.2 Å². The number of rotatable bonds is 5. The molecule has 0 spiro atoms. The number of ether oxygens (including phenoxy) is 1. The highest BCUT2D eigenvalue weighted by Crippen LogP contribution is 2.32. The molecule has 1 saturated carbocycles. The van der Waals surface area contributed by atoms with Crippen molar-refractivity contribution >= 4 is 23.4 Å². The monoisotopic (exact) mass is 291 g/mol. The number of anilines is 1. The molecule has 1 aliphatic carbocycles. The van der Waals surface area contributed by atoms with E-state index >= 15 is 0 Å². The molecule has 0 heterocycles. The minimum atomic E-state index is -0.213. The van der Waals surface area contributed by atoms with E-state index in [0.29, 0.717) is 0 Å². The number of nitrogens with one attached hydrogen (secondary N) is 1. The van der Waals surface area contributed by atoms with Crippen LogP contribution in [0.5, 0.6) is 5.75 Å². The first-order valence-corrected chi connectivity index (χ1v) is 8.23. The Balaban J connectivity index is 2.17. The van der Waals surface area contributed by atoms with Gasteiger partial charge in [-0.25, -0.2) is 0 Å². The molecule has 20 heavy (non-hydrogen) atoms. The summed E-state index contributed by atoms with van der Waals surface area (Å²) in [6.45, 7) is 3.48. The van der Waals surface area contributed by atoms with Gasteiger partial charge in [0.15, 0.2) is 0 Å². The van der Waals surface area contributed by atoms with Crippen LogP contribution in [-0.2, 0) is 4.79 Å². The number of hydrogen-bond donors (Lipinski definition) is 1. The summed E-state index contributed by atoms with van der Waals surface area (Å²) in [5, 5.41) is 2.81. The van der Waals surface area contributed by atoms with Gasteiger partial charge in [0, 0.05) is 4.90 Å². The fourth-order valence-corrected chi connectivity index (χ4v) is 2.81. The van der Waals surface area contributed by atoms with Crippen molar-refractivity contribution in [1.29, 1.82) is 0 Å². The smallest absolute Gasteiger partial charge is 0.247 e. The van der Waals surface area contributed by atoms with Crippen LogP contribution >= 0.6 is 11.8 Å². The first kappa shape index (κ1) is 15.0. The van der Waals surface area contributed by atoms with E-state index in [-0.39, 0.29) is 12.0 Å². The van der Waals surface area contributed by atoms with E-state index in [9.17, 15) is 4.79 Å². The first-order valence-electron chi connectivity index (χ1n) is 7.01. The number of hydrogen-bond acceptors (Lipinski definition) is 3. The maximum absolute atomic E-state index is 11.5. The summed E-state index contributed by atoms with van der Waals surface area (Å²) in [5.41, 5.74) is 0.721. The molecule has 2 rings (SSSR count). The predicted molar refractivity (Wildman–Crippen MR) is 84.6 cm³/mol. The van der Waals surface area contributed by atoms with Crippen LogP contribution in [0.3, 0.4) is 0 Å². The van der Waals surface area contributed by atoms with Gasteiger partial charge in [-0.15, -0.1) is 11.8 Å². The third-order valence-corrected chi connectivity index (χ3v) is 4.20. The maximum Gasteiger partial charge on any atom is 0.247 e. The molecular weight excluding hydrogens is 270 g/mol. The van der Waals surface area contributed by atoms with Gasteiger partial charge in [0.25, 0.3) is 0 Å². The molecule has 0 aliphatic heterocycles. The van der Waals surface area contributed by atoms with Crippen LogP contribution in [0.15, 0.2) is 35.7 Å². The summed E-state index contributed by atoms with van der Waals surface area (Å²) >= 11 is 1.67. The molecule has 0 atom stereocenters. The Morgan fingerprint density at radius 1 is 1.40 bits per heavy atom. The van der Waals surface area contributed by atoms with Gasteiger partial charge in [-0.3, -0.25) is 4.79 Å². The Morgan fingerprint density at radius 3 is 2.80 bits per heavy atom. The van der Waals surface area contributed by atoms with Crippen LogP contribution < -0.4 is 10.1 Å². The molecule has 0 aromatic heterocycles. The summed E-state index contributed by atoms with van der Waals surface area (Å²) < 4.78 is 6.11. The topological polar surface area (TPSA) is 38.3 Å². The number of carbonyl (C=O) groups is 1. The standard InChI is InChI=1S/C16H21NO2S/c1-3-16(18)17-14-10-9-13(20-2)11-15(14)19-12-7-5-4-6-8-12/h3,9-12H,1,4-8H2,2H3,(H,17,18). The van der Waals surface area contributed by atoms with Gasteiger partial charge in [0.2, 0.25) is 5.91 Å². The second-order valence-electron chi connectivity index (χ2n) is 4.93. The summed E-state index contributed by atoms with van der Waals surface area (Å²) in [5.74, 6) is 0.550. The van der Waals surface area contributed by atoms with Crippen molar-refractivity contribution in [3.05, 3.63) is 30.9 Å². The van der Waals surface area contributed by atoms with E-state index in [4.69, 9.17) is 4.74 Å². The second kappa shape index (κ2) is 7.39. The lowest BCUT2D eigenvalue weighted by molar-refractivity contribution is -0.111. The van der Waals surface area contributed by atoms with Crippen LogP contribution in [0.25, 0.3) is 0 Å². The molecule has 1 N–H and O–H groups in total. The zero-order valence-corrected chi connectivity index (χ0v) is 12.7. The van der Waals surface area contributed by atoms with Crippen molar-refractivity contribution in [2.75, 3.05) is 11.6 Å². The Labute approximate surface area is 124 Å². The summed E-state index contributed by atoms with van der Waals surface area (Å²) in [7, 11) is 0. The lowest BCUT2D eigenvalue weighted by Gasteiger charge is -2.24. The highest BCUT2D eigenvalue weighted by molar-refractivity contribution is 7.98. The molecule has 0 radical (unpaired) electrons. The number of carbonyl (C=O) groups excluding carboxylic acids is 1. The van der Waals surface area contributed by atoms with Gasteiger partial charge in [-0.1, -0.05) is 13.0 Å². The highest BCUT2D eigenvalue weighted by atomic mass is 32.2. The second-order valence-corrected chi connectivity index (χ2v) is 5.81. The van der Waals surface area contributed by atoms with E-state index in [1.54, 1.807) is 11.8 Å². The Morgan fingerprint density at radius 2 is 2.15 bits per heavy atom. The quantitative estimate of drug-likeness (QED) is 0.651. The third-order valence-electron chi connectivity index (χ3n) is 3.48. The van der Waals surface area contributed by atoms with E-state index < -0.39 is 0 Å². The highest BCUT2D eigenvalue weighted by Gasteiger charge is 2.17. The zero-order chi connectivity index (χ0) is 14.4. The minimum Gasteiger partial charge on any atom is -0.488 e. The van der Waals surface area contributed by atoms with E-state index in [2.05, 4.69) is 11.9 Å². The lowest BCUT2D eigenvalue weighted by Crippen LogP contribution is -2.20. The summed E-state index contributed by atoms with van der Waals surface area (Å²) in [6.07, 6.45) is 9.50. The van der Waals surface area contributed by atoms with Gasteiger partial charge < -0.3 is 10.1 Å². The number of amides is 1. The SMILES string of the molecule is C=CC(=O)Nc1ccc(SC)cc1OC1CCCCC1. The van der Waals surface area contributed by atoms with Crippen LogP contribution in [0.4, 0.5) is 5.69 Å². The number of thioether (sulfide) groups is 1. The first-order chi connectivity index (χ1) is 9.72. The summed E-state index contributed by atoms with van der Waals surface area (Å²) in [6, 6.07) is 5.88. The van der Waals surface area contributed by atoms with Gasteiger partial charge >= 0.3 is 0 Å². The number of benzene rings is 1. The average molecular weight is 291 g/mol. The Bertz CT molecular complexity index is 481. The molecule has 4 heteroatoms. The molecular formula is C16H21NO2S. The van der Waals surface area contributed by atoms with Gasteiger partial charge in [0.05, 0.1) is 11.8 Å². The molecule has 1 aliphatic rings. The van der Waals surface area contributed by atoms with Crippen molar-refractivity contribution in [3.8, 4) is 5.75 Å². The molecule has 3 nitrogen and oxygen atoms in total. The molecule has 0 saturated heterocycles. The summed E-state index contributed by atoms with van der Waals surface area (Å²) in [4.78, 5) is 12.6. The van der Waals surface area contributed by atoms with Gasteiger partial charge in [-0.2, -0.15) is 0 Å². The fraction of sp³-hybridized carbons (Fsp3) is 0.438. The normalized spacial score (nSPS) is 15.7. The van der Waals surface area contributed by atoms with Crippen LogP contribution in [-0.4, -0.2) is 18.3 Å². The minimum absolute atomic E-state index is 0.213. The lowest BCUT2D eigenvalue weighted by atomic mass is 9.98. The predicted octanol–water partition coefficient (Wildman–Crippen LogP) is 4.24. The fourth-order valence-electron chi connectivity index (χ4n) is 2.38. The molecule has 0 bridgehead atoms. The zero-order valence-electron chi connectivity index (χ0n) is 11.9. The van der Waals surface area contributed by atoms with E-state index in [1.807, 2.05) is 24.5 Å². The van der Waals surface area contributed by atoms with E-state index in [0.717, 1.165) is 29.2 Å². The largest absolute Gasteiger partial charge is 0.488 e. The maximum atomic E-state index is 11.5. The van der Waals surface area contributed by atoms with E-state index in [1.165, 1.54) is 25.3 Å². The van der Waals surface area contributed by atoms with Crippen molar-refractivity contribution in [3.63, 3.8) is 0 Å². The van der Waals surface area contributed by atoms with Crippen LogP contribution in [0.2, 0.25) is 0 Å². The molecule has 0 unspecified atom stereocenters. The van der Waals surface area contributed by atoms with Crippen molar-refractivity contribution in [1.82, 2.24) is 0 Å². The van der Waals surface area contributed by atoms with Crippen LogP contribution in [0.1, 0.15) is 32.1 Å². The Hall–Kier alpha value is -1.42. The van der Waals surface area contributed by atoms with Crippen molar-refractivity contribution < 1.29 is 9.53 Å². The third kappa shape index (κ3) is 4.04. The average Bonchev–Trinajstić information content (AvgIpc) is 2.49. The molecule has 1 amide bonds. The van der Waals surface area contributed by atoms with Crippen LogP contribution in [0, 0.1) is 0 Å². The van der Waals surface area contributed by atoms with Crippen molar-refractivity contribution in [2.24, 2.45) is 0 Å². The molecule has 1 aromatic carbocycles.